The third kappa shape index (κ3) is 3.00. The third-order valence-corrected chi connectivity index (χ3v) is 4.49. The molecule has 5 nitrogen and oxygen atoms in total. The van der Waals surface area contributed by atoms with Crippen LogP contribution in [-0.2, 0) is 6.54 Å². The molecule has 0 saturated carbocycles. The summed E-state index contributed by atoms with van der Waals surface area (Å²) in [6.45, 7) is 1.72. The van der Waals surface area contributed by atoms with Gasteiger partial charge >= 0.3 is 0 Å². The smallest absolute Gasteiger partial charge is 0.266 e. The Balaban J connectivity index is 1.78. The minimum Gasteiger partial charge on any atom is -0.493 e. The second-order valence-corrected chi connectivity index (χ2v) is 6.23. The van der Waals surface area contributed by atoms with Crippen LogP contribution in [-0.4, -0.2) is 17.1 Å². The molecule has 0 spiro atoms. The van der Waals surface area contributed by atoms with E-state index >= 15 is 0 Å². The highest BCUT2D eigenvalue weighted by molar-refractivity contribution is 6.09. The van der Waals surface area contributed by atoms with Crippen molar-refractivity contribution in [3.05, 3.63) is 59.4 Å². The van der Waals surface area contributed by atoms with Crippen molar-refractivity contribution >= 4 is 27.7 Å². The summed E-state index contributed by atoms with van der Waals surface area (Å²) in [5.74, 6) is 0.541. The lowest BCUT2D eigenvalue weighted by molar-refractivity contribution is 0.146. The first-order valence-electron chi connectivity index (χ1n) is 8.51. The fraction of sp³-hybridized carbons (Fsp3) is 0.200. The number of hydrogen-bond donors (Lipinski definition) is 1. The molecule has 0 saturated heterocycles. The number of nitrogens with one attached hydrogen (secondary N) is 1. The highest BCUT2D eigenvalue weighted by Crippen LogP contribution is 2.36. The molecule has 4 aromatic rings. The van der Waals surface area contributed by atoms with Crippen LogP contribution in [0.25, 0.3) is 21.9 Å². The first kappa shape index (κ1) is 18.1. The lowest BCUT2D eigenvalue weighted by Crippen LogP contribution is -2.07. The van der Waals surface area contributed by atoms with Crippen LogP contribution in [0.4, 0.5) is 19.0 Å². The maximum absolute atomic E-state index is 14.3. The summed E-state index contributed by atoms with van der Waals surface area (Å²) in [6.07, 6.45) is -1.33. The molecule has 0 radical (unpaired) electrons. The number of furan rings is 1. The van der Waals surface area contributed by atoms with Crippen molar-refractivity contribution < 1.29 is 22.3 Å². The predicted molar refractivity (Wildman–Crippen MR) is 99.3 cm³/mol. The van der Waals surface area contributed by atoms with Crippen LogP contribution in [0.3, 0.4) is 0 Å². The number of alkyl halides is 2. The van der Waals surface area contributed by atoms with E-state index in [4.69, 9.17) is 9.15 Å². The van der Waals surface area contributed by atoms with Gasteiger partial charge in [-0.15, -0.1) is 0 Å². The molecule has 8 heteroatoms. The van der Waals surface area contributed by atoms with Gasteiger partial charge in [0.2, 0.25) is 0 Å². The molecule has 0 fully saturated rings. The van der Waals surface area contributed by atoms with Crippen molar-refractivity contribution in [2.24, 2.45) is 0 Å². The fourth-order valence-corrected chi connectivity index (χ4v) is 3.18. The minimum atomic E-state index is -2.87. The number of halogens is 3. The lowest BCUT2D eigenvalue weighted by Gasteiger charge is -2.13. The van der Waals surface area contributed by atoms with E-state index in [1.54, 1.807) is 25.3 Å². The Bertz CT molecular complexity index is 1170. The van der Waals surface area contributed by atoms with E-state index in [0.717, 1.165) is 11.5 Å². The van der Waals surface area contributed by atoms with Crippen molar-refractivity contribution in [3.63, 3.8) is 0 Å². The zero-order valence-electron chi connectivity index (χ0n) is 15.1. The first-order chi connectivity index (χ1) is 13.5. The highest BCUT2D eigenvalue weighted by Gasteiger charge is 2.18. The summed E-state index contributed by atoms with van der Waals surface area (Å²) in [4.78, 5) is 8.87. The van der Waals surface area contributed by atoms with Crippen LogP contribution in [0.1, 0.15) is 23.4 Å². The zero-order valence-corrected chi connectivity index (χ0v) is 15.1. The van der Waals surface area contributed by atoms with E-state index in [9.17, 15) is 13.2 Å². The van der Waals surface area contributed by atoms with Crippen molar-refractivity contribution in [1.82, 2.24) is 9.97 Å². The van der Waals surface area contributed by atoms with Gasteiger partial charge in [-0.1, -0.05) is 18.2 Å². The molecule has 0 aliphatic rings. The third-order valence-electron chi connectivity index (χ3n) is 4.49. The minimum absolute atomic E-state index is 0.0102. The molecule has 0 aliphatic heterocycles. The van der Waals surface area contributed by atoms with Gasteiger partial charge in [0.15, 0.2) is 11.3 Å². The standard InChI is InChI=1S/C20H16F3N3O2/c1-10-25-17-13-6-7-28-18(13)15(27-2)8-14(17)20(26-10)24-9-11-4-3-5-12(16(11)21)19(22)23/h3-8,19H,9H2,1-2H3,(H,24,25,26). The molecular weight excluding hydrogens is 371 g/mol. The Hall–Kier alpha value is -3.29. The van der Waals surface area contributed by atoms with Crippen molar-refractivity contribution in [1.29, 1.82) is 0 Å². The molecule has 144 valence electrons. The van der Waals surface area contributed by atoms with Crippen LogP contribution < -0.4 is 10.1 Å². The highest BCUT2D eigenvalue weighted by atomic mass is 19.3. The second kappa shape index (κ2) is 7.03. The number of fused-ring (bicyclic) bond motifs is 3. The molecule has 2 heterocycles. The molecule has 4 rings (SSSR count). The monoisotopic (exact) mass is 387 g/mol. The Morgan fingerprint density at radius 3 is 2.75 bits per heavy atom. The number of benzene rings is 2. The molecule has 2 aromatic heterocycles. The zero-order chi connectivity index (χ0) is 19.8. The summed E-state index contributed by atoms with van der Waals surface area (Å²) < 4.78 is 51.0. The van der Waals surface area contributed by atoms with Gasteiger partial charge in [-0.25, -0.2) is 23.1 Å². The molecular formula is C20H16F3N3O2. The number of anilines is 1. The number of aromatic nitrogens is 2. The summed E-state index contributed by atoms with van der Waals surface area (Å²) in [5.41, 5.74) is 0.722. The van der Waals surface area contributed by atoms with Crippen LogP contribution in [0.5, 0.6) is 5.75 Å². The second-order valence-electron chi connectivity index (χ2n) is 6.23. The van der Waals surface area contributed by atoms with Gasteiger partial charge in [0.1, 0.15) is 17.5 Å². The van der Waals surface area contributed by atoms with E-state index in [1.807, 2.05) is 0 Å². The molecule has 0 amide bonds. The van der Waals surface area contributed by atoms with Gasteiger partial charge in [-0.05, 0) is 19.1 Å². The van der Waals surface area contributed by atoms with Crippen LogP contribution in [0.15, 0.2) is 41.0 Å². The topological polar surface area (TPSA) is 60.2 Å². The average molecular weight is 387 g/mol. The van der Waals surface area contributed by atoms with Crippen LogP contribution in [0, 0.1) is 12.7 Å². The number of methoxy groups -OCH3 is 1. The van der Waals surface area contributed by atoms with Gasteiger partial charge in [-0.2, -0.15) is 0 Å². The fourth-order valence-electron chi connectivity index (χ4n) is 3.18. The number of aryl methyl sites for hydroxylation is 1. The number of ether oxygens (including phenoxy) is 1. The van der Waals surface area contributed by atoms with E-state index in [2.05, 4.69) is 15.3 Å². The first-order valence-corrected chi connectivity index (χ1v) is 8.51. The summed E-state index contributed by atoms with van der Waals surface area (Å²) in [6, 6.07) is 7.45. The molecule has 28 heavy (non-hydrogen) atoms. The molecule has 0 aliphatic carbocycles. The van der Waals surface area contributed by atoms with Crippen molar-refractivity contribution in [2.45, 2.75) is 19.9 Å². The number of nitrogens with zero attached hydrogens (tertiary/aromatic N) is 2. The van der Waals surface area contributed by atoms with Gasteiger partial charge in [0.05, 0.1) is 29.8 Å². The Morgan fingerprint density at radius 2 is 2.00 bits per heavy atom. The van der Waals surface area contributed by atoms with E-state index in [0.29, 0.717) is 33.9 Å². The largest absolute Gasteiger partial charge is 0.493 e. The average Bonchev–Trinajstić information content (AvgIpc) is 3.16. The lowest BCUT2D eigenvalue weighted by atomic mass is 10.1. The predicted octanol–water partition coefficient (Wildman–Crippen LogP) is 5.38. The van der Waals surface area contributed by atoms with Crippen molar-refractivity contribution in [2.75, 3.05) is 12.4 Å². The van der Waals surface area contributed by atoms with E-state index < -0.39 is 17.8 Å². The van der Waals surface area contributed by atoms with Gasteiger partial charge in [0.25, 0.3) is 6.43 Å². The van der Waals surface area contributed by atoms with E-state index in [-0.39, 0.29) is 12.1 Å². The quantitative estimate of drug-likeness (QED) is 0.498. The molecule has 0 unspecified atom stereocenters. The maximum Gasteiger partial charge on any atom is 0.266 e. The maximum atomic E-state index is 14.3. The van der Waals surface area contributed by atoms with Crippen molar-refractivity contribution in [3.8, 4) is 5.75 Å². The van der Waals surface area contributed by atoms with Crippen LogP contribution in [0.2, 0.25) is 0 Å². The Kier molecular flexibility index (Phi) is 4.54. The molecule has 0 bridgehead atoms. The SMILES string of the molecule is COc1cc2c(NCc3cccc(C(F)F)c3F)nc(C)nc2c2ccoc12. The molecule has 2 aromatic carbocycles. The van der Waals surface area contributed by atoms with E-state index in [1.165, 1.54) is 19.2 Å². The van der Waals surface area contributed by atoms with Gasteiger partial charge in [0, 0.05) is 17.5 Å². The van der Waals surface area contributed by atoms with Gasteiger partial charge in [-0.3, -0.25) is 0 Å². The summed E-state index contributed by atoms with van der Waals surface area (Å²) in [7, 11) is 1.52. The summed E-state index contributed by atoms with van der Waals surface area (Å²) >= 11 is 0. The molecule has 0 atom stereocenters. The number of rotatable bonds is 5. The normalized spacial score (nSPS) is 11.5. The number of hydrogen-bond acceptors (Lipinski definition) is 5. The molecule has 1 N–H and O–H groups in total. The Labute approximate surface area is 158 Å². The summed E-state index contributed by atoms with van der Waals surface area (Å²) in [5, 5.41) is 4.45. The Morgan fingerprint density at radius 1 is 1.18 bits per heavy atom. The van der Waals surface area contributed by atoms with Gasteiger partial charge < -0.3 is 14.5 Å². The van der Waals surface area contributed by atoms with Crippen LogP contribution >= 0.6 is 0 Å².